The number of furan rings is 1. The maximum Gasteiger partial charge on any atom is 0.191 e. The molecule has 1 aliphatic carbocycles. The second-order valence-corrected chi connectivity index (χ2v) is 7.17. The van der Waals surface area contributed by atoms with E-state index in [4.69, 9.17) is 9.41 Å². The van der Waals surface area contributed by atoms with Crippen molar-refractivity contribution in [3.8, 4) is 0 Å². The smallest absolute Gasteiger partial charge is 0.191 e. The van der Waals surface area contributed by atoms with E-state index in [0.29, 0.717) is 12.6 Å². The Morgan fingerprint density at radius 1 is 1.30 bits per heavy atom. The van der Waals surface area contributed by atoms with Crippen LogP contribution >= 0.6 is 24.0 Å². The van der Waals surface area contributed by atoms with E-state index in [9.17, 15) is 0 Å². The number of hydrogen-bond acceptors (Lipinski definition) is 3. The largest absolute Gasteiger partial charge is 0.469 e. The quantitative estimate of drug-likeness (QED) is 0.371. The topological polar surface area (TPSA) is 67.4 Å². The Hall–Kier alpha value is -1.51. The van der Waals surface area contributed by atoms with Gasteiger partial charge in [0.05, 0.1) is 18.5 Å². The maximum absolute atomic E-state index is 5.42. The average molecular weight is 485 g/mol. The SMILES string of the molecule is Cc1nn(C)c(C)c1CN=C(NCCc1ccco1)NC1CCCCC1.I. The molecule has 1 fully saturated rings. The summed E-state index contributed by atoms with van der Waals surface area (Å²) in [6.07, 6.45) is 8.98. The molecule has 150 valence electrons. The highest BCUT2D eigenvalue weighted by Crippen LogP contribution is 2.17. The molecule has 27 heavy (non-hydrogen) atoms. The van der Waals surface area contributed by atoms with E-state index < -0.39 is 0 Å². The van der Waals surface area contributed by atoms with E-state index in [-0.39, 0.29) is 24.0 Å². The lowest BCUT2D eigenvalue weighted by atomic mass is 9.96. The second kappa shape index (κ2) is 10.7. The number of nitrogens with zero attached hydrogens (tertiary/aromatic N) is 3. The van der Waals surface area contributed by atoms with Gasteiger partial charge in [0.15, 0.2) is 5.96 Å². The second-order valence-electron chi connectivity index (χ2n) is 7.17. The summed E-state index contributed by atoms with van der Waals surface area (Å²) in [4.78, 5) is 4.85. The summed E-state index contributed by atoms with van der Waals surface area (Å²) in [6, 6.07) is 4.46. The third-order valence-electron chi connectivity index (χ3n) is 5.24. The molecule has 0 aromatic carbocycles. The average Bonchev–Trinajstić information content (AvgIpc) is 3.23. The van der Waals surface area contributed by atoms with Crippen LogP contribution in [0.15, 0.2) is 27.8 Å². The molecule has 0 saturated heterocycles. The van der Waals surface area contributed by atoms with Crippen molar-refractivity contribution in [1.29, 1.82) is 0 Å². The standard InChI is InChI=1S/C20H31N5O.HI/c1-15-19(16(2)25(3)24-15)14-22-20(23-17-8-5-4-6-9-17)21-12-11-18-10-7-13-26-18;/h7,10,13,17H,4-6,8-9,11-12,14H2,1-3H3,(H2,21,22,23);1H. The van der Waals surface area contributed by atoms with E-state index in [1.54, 1.807) is 6.26 Å². The highest BCUT2D eigenvalue weighted by Gasteiger charge is 2.15. The lowest BCUT2D eigenvalue weighted by molar-refractivity contribution is 0.409. The first-order valence-electron chi connectivity index (χ1n) is 9.70. The highest BCUT2D eigenvalue weighted by atomic mass is 127. The molecule has 6 nitrogen and oxygen atoms in total. The summed E-state index contributed by atoms with van der Waals surface area (Å²) in [5.74, 6) is 1.89. The van der Waals surface area contributed by atoms with Crippen molar-refractivity contribution < 1.29 is 4.42 Å². The summed E-state index contributed by atoms with van der Waals surface area (Å²) in [6.45, 7) is 5.60. The van der Waals surface area contributed by atoms with Gasteiger partial charge in [-0.05, 0) is 38.8 Å². The number of aryl methyl sites for hydroxylation is 2. The maximum atomic E-state index is 5.42. The Morgan fingerprint density at radius 2 is 2.07 bits per heavy atom. The van der Waals surface area contributed by atoms with Crippen LogP contribution in [0.25, 0.3) is 0 Å². The zero-order valence-electron chi connectivity index (χ0n) is 16.6. The van der Waals surface area contributed by atoms with Crippen LogP contribution < -0.4 is 10.6 Å². The van der Waals surface area contributed by atoms with Crippen LogP contribution in [0.5, 0.6) is 0 Å². The van der Waals surface area contributed by atoms with Gasteiger partial charge < -0.3 is 15.1 Å². The molecule has 2 aromatic rings. The summed E-state index contributed by atoms with van der Waals surface area (Å²) in [7, 11) is 1.98. The van der Waals surface area contributed by atoms with Crippen molar-refractivity contribution >= 4 is 29.9 Å². The minimum absolute atomic E-state index is 0. The number of hydrogen-bond donors (Lipinski definition) is 2. The fourth-order valence-electron chi connectivity index (χ4n) is 3.56. The molecule has 0 bridgehead atoms. The number of halogens is 1. The van der Waals surface area contributed by atoms with Gasteiger partial charge in [-0.2, -0.15) is 5.10 Å². The Morgan fingerprint density at radius 3 is 2.70 bits per heavy atom. The third kappa shape index (κ3) is 6.26. The van der Waals surface area contributed by atoms with Crippen LogP contribution in [0.4, 0.5) is 0 Å². The van der Waals surface area contributed by atoms with Gasteiger partial charge in [-0.1, -0.05) is 19.3 Å². The molecule has 0 radical (unpaired) electrons. The lowest BCUT2D eigenvalue weighted by Gasteiger charge is -2.25. The van der Waals surface area contributed by atoms with Crippen molar-refractivity contribution in [3.63, 3.8) is 0 Å². The van der Waals surface area contributed by atoms with E-state index in [1.165, 1.54) is 43.4 Å². The molecule has 2 heterocycles. The predicted molar refractivity (Wildman–Crippen MR) is 120 cm³/mol. The number of aromatic nitrogens is 2. The molecule has 0 aliphatic heterocycles. The van der Waals surface area contributed by atoms with Gasteiger partial charge in [0.25, 0.3) is 0 Å². The van der Waals surface area contributed by atoms with Crippen molar-refractivity contribution in [3.05, 3.63) is 41.1 Å². The molecular weight excluding hydrogens is 453 g/mol. The molecule has 0 unspecified atom stereocenters. The number of nitrogens with one attached hydrogen (secondary N) is 2. The number of guanidine groups is 1. The first-order chi connectivity index (χ1) is 12.6. The Labute approximate surface area is 179 Å². The summed E-state index contributed by atoms with van der Waals surface area (Å²) >= 11 is 0. The summed E-state index contributed by atoms with van der Waals surface area (Å²) < 4.78 is 7.35. The predicted octanol–water partition coefficient (Wildman–Crippen LogP) is 3.86. The Balaban J connectivity index is 0.00000261. The zero-order valence-corrected chi connectivity index (χ0v) is 19.0. The van der Waals surface area contributed by atoms with Crippen molar-refractivity contribution in [2.75, 3.05) is 6.54 Å². The molecule has 0 amide bonds. The van der Waals surface area contributed by atoms with E-state index in [1.807, 2.05) is 23.9 Å². The monoisotopic (exact) mass is 485 g/mol. The fraction of sp³-hybridized carbons (Fsp3) is 0.600. The number of aliphatic imine (C=N–C) groups is 1. The number of rotatable bonds is 6. The highest BCUT2D eigenvalue weighted by molar-refractivity contribution is 14.0. The first kappa shape index (κ1) is 21.8. The fourth-order valence-corrected chi connectivity index (χ4v) is 3.56. The molecular formula is C20H32IN5O. The van der Waals surface area contributed by atoms with Crippen LogP contribution in [0.1, 0.15) is 54.8 Å². The molecule has 3 rings (SSSR count). The van der Waals surface area contributed by atoms with E-state index >= 15 is 0 Å². The van der Waals surface area contributed by atoms with E-state index in [0.717, 1.165) is 30.4 Å². The van der Waals surface area contributed by atoms with Crippen molar-refractivity contribution in [2.24, 2.45) is 12.0 Å². The van der Waals surface area contributed by atoms with Crippen LogP contribution in [0.3, 0.4) is 0 Å². The summed E-state index contributed by atoms with van der Waals surface area (Å²) in [5, 5.41) is 11.6. The van der Waals surface area contributed by atoms with Crippen LogP contribution in [-0.2, 0) is 20.0 Å². The molecule has 2 N–H and O–H groups in total. The summed E-state index contributed by atoms with van der Waals surface area (Å²) in [5.41, 5.74) is 3.45. The minimum Gasteiger partial charge on any atom is -0.469 e. The van der Waals surface area contributed by atoms with Gasteiger partial charge in [0, 0.05) is 37.3 Å². The van der Waals surface area contributed by atoms with Gasteiger partial charge in [-0.25, -0.2) is 4.99 Å². The Bertz CT molecular complexity index is 717. The van der Waals surface area contributed by atoms with Crippen LogP contribution in [-0.4, -0.2) is 28.3 Å². The van der Waals surface area contributed by atoms with Crippen LogP contribution in [0, 0.1) is 13.8 Å². The van der Waals surface area contributed by atoms with Crippen LogP contribution in [0.2, 0.25) is 0 Å². The van der Waals surface area contributed by atoms with E-state index in [2.05, 4.69) is 29.6 Å². The molecule has 1 aliphatic rings. The van der Waals surface area contributed by atoms with Gasteiger partial charge in [-0.3, -0.25) is 4.68 Å². The van der Waals surface area contributed by atoms with Gasteiger partial charge in [0.1, 0.15) is 5.76 Å². The van der Waals surface area contributed by atoms with Gasteiger partial charge in [-0.15, -0.1) is 24.0 Å². The Kier molecular flexibility index (Phi) is 8.66. The van der Waals surface area contributed by atoms with Gasteiger partial charge in [0.2, 0.25) is 0 Å². The molecule has 0 atom stereocenters. The van der Waals surface area contributed by atoms with Crippen molar-refractivity contribution in [1.82, 2.24) is 20.4 Å². The minimum atomic E-state index is 0. The third-order valence-corrected chi connectivity index (χ3v) is 5.24. The normalized spacial score (nSPS) is 15.4. The first-order valence-corrected chi connectivity index (χ1v) is 9.70. The molecule has 2 aromatic heterocycles. The molecule has 0 spiro atoms. The molecule has 7 heteroatoms. The van der Waals surface area contributed by atoms with Gasteiger partial charge >= 0.3 is 0 Å². The van der Waals surface area contributed by atoms with Crippen molar-refractivity contribution in [2.45, 2.75) is 65.0 Å². The lowest BCUT2D eigenvalue weighted by Crippen LogP contribution is -2.44. The zero-order chi connectivity index (χ0) is 18.4. The molecule has 1 saturated carbocycles.